The molecule has 6 heteroatoms. The molecular weight excluding hydrogens is 345 g/mol. The van der Waals surface area contributed by atoms with Gasteiger partial charge in [0.2, 0.25) is 6.79 Å². The molecule has 0 amide bonds. The Kier molecular flexibility index (Phi) is 4.34. The molecule has 0 bridgehead atoms. The zero-order chi connectivity index (χ0) is 17.2. The number of nitrogens with two attached hydrogens (primary N) is 1. The molecule has 1 aliphatic rings. The van der Waals surface area contributed by atoms with Gasteiger partial charge >= 0.3 is 0 Å². The molecule has 0 unspecified atom stereocenters. The van der Waals surface area contributed by atoms with Gasteiger partial charge in [0.25, 0.3) is 0 Å². The molecule has 0 aliphatic carbocycles. The van der Waals surface area contributed by atoms with Gasteiger partial charge in [0.15, 0.2) is 17.3 Å². The Balaban J connectivity index is 1.37. The smallest absolute Gasteiger partial charge is 0.231 e. The summed E-state index contributed by atoms with van der Waals surface area (Å²) < 4.78 is 29.8. The second-order valence-corrected chi connectivity index (χ2v) is 6.19. The minimum absolute atomic E-state index is 0.0878. The van der Waals surface area contributed by atoms with Crippen LogP contribution < -0.4 is 14.8 Å². The normalized spacial score (nSPS) is 12.6. The van der Waals surface area contributed by atoms with Crippen molar-refractivity contribution in [1.29, 1.82) is 0 Å². The van der Waals surface area contributed by atoms with Gasteiger partial charge in [0.1, 0.15) is 24.7 Å². The minimum Gasteiger partial charge on any atom is -0.455 e. The fourth-order valence-electron chi connectivity index (χ4n) is 2.74. The third-order valence-electron chi connectivity index (χ3n) is 4.03. The maximum atomic E-state index is 13.2. The molecule has 2 N–H and O–H groups in total. The summed E-state index contributed by atoms with van der Waals surface area (Å²) in [5.41, 5.74) is 1.91. The van der Waals surface area contributed by atoms with Gasteiger partial charge in [-0.15, -0.1) is 0 Å². The van der Waals surface area contributed by atoms with Crippen molar-refractivity contribution in [3.8, 4) is 22.8 Å². The lowest BCUT2D eigenvalue weighted by molar-refractivity contribution is -0.687. The number of quaternary nitrogens is 1. The molecule has 1 aliphatic heterocycles. The zero-order valence-corrected chi connectivity index (χ0v) is 14.1. The molecule has 0 spiro atoms. The molecule has 128 valence electrons. The molecule has 0 atom stereocenters. The van der Waals surface area contributed by atoms with Gasteiger partial charge in [0.05, 0.1) is 5.02 Å². The van der Waals surface area contributed by atoms with Gasteiger partial charge in [-0.2, -0.15) is 0 Å². The van der Waals surface area contributed by atoms with Crippen molar-refractivity contribution < 1.29 is 23.6 Å². The fourth-order valence-corrected chi connectivity index (χ4v) is 2.92. The van der Waals surface area contributed by atoms with Crippen LogP contribution in [0.4, 0.5) is 4.39 Å². The lowest BCUT2D eigenvalue weighted by atomic mass is 10.2. The summed E-state index contributed by atoms with van der Waals surface area (Å²) in [6.07, 6.45) is 0. The predicted octanol–water partition coefficient (Wildman–Crippen LogP) is 3.73. The highest BCUT2D eigenvalue weighted by Crippen LogP contribution is 2.32. The van der Waals surface area contributed by atoms with Gasteiger partial charge in [-0.1, -0.05) is 11.6 Å². The Morgan fingerprint density at radius 1 is 0.960 bits per heavy atom. The Hall–Kier alpha value is -2.50. The summed E-state index contributed by atoms with van der Waals surface area (Å²) in [6, 6.07) is 14.3. The predicted molar refractivity (Wildman–Crippen MR) is 91.0 cm³/mol. The molecular formula is C19H16ClFNO3+. The van der Waals surface area contributed by atoms with E-state index in [1.165, 1.54) is 6.07 Å². The number of hydrogen-bond acceptors (Lipinski definition) is 3. The molecule has 2 aromatic carbocycles. The van der Waals surface area contributed by atoms with Crippen molar-refractivity contribution in [2.45, 2.75) is 13.1 Å². The number of furan rings is 1. The van der Waals surface area contributed by atoms with Gasteiger partial charge in [-0.25, -0.2) is 4.39 Å². The second kappa shape index (κ2) is 6.78. The monoisotopic (exact) mass is 360 g/mol. The van der Waals surface area contributed by atoms with Crippen LogP contribution in [0, 0.1) is 5.82 Å². The van der Waals surface area contributed by atoms with E-state index < -0.39 is 5.82 Å². The SMILES string of the molecule is Fc1ccc(-c2ccc(C[NH2+]Cc3ccc4c(c3)OCO4)o2)cc1Cl. The standard InChI is InChI=1S/C19H15ClFNO3/c20-15-8-13(2-4-16(15)21)17-6-3-14(25-17)10-22-9-12-1-5-18-19(7-12)24-11-23-18/h1-8,22H,9-11H2/p+1. The largest absolute Gasteiger partial charge is 0.455 e. The van der Waals surface area contributed by atoms with E-state index in [0.717, 1.165) is 34.9 Å². The highest BCUT2D eigenvalue weighted by Gasteiger charge is 2.14. The summed E-state index contributed by atoms with van der Waals surface area (Å²) in [7, 11) is 0. The number of benzene rings is 2. The average molecular weight is 361 g/mol. The van der Waals surface area contributed by atoms with E-state index in [1.54, 1.807) is 12.1 Å². The number of hydrogen-bond donors (Lipinski definition) is 1. The van der Waals surface area contributed by atoms with Crippen LogP contribution in [0.15, 0.2) is 52.9 Å². The third-order valence-corrected chi connectivity index (χ3v) is 4.32. The number of halogens is 2. The lowest BCUT2D eigenvalue weighted by Gasteiger charge is -2.02. The molecule has 4 nitrogen and oxygen atoms in total. The highest BCUT2D eigenvalue weighted by atomic mass is 35.5. The zero-order valence-electron chi connectivity index (χ0n) is 13.3. The molecule has 3 aromatic rings. The summed E-state index contributed by atoms with van der Waals surface area (Å²) in [5, 5.41) is 2.22. The van der Waals surface area contributed by atoms with Crippen molar-refractivity contribution >= 4 is 11.6 Å². The lowest BCUT2D eigenvalue weighted by Crippen LogP contribution is -2.80. The van der Waals surface area contributed by atoms with Crippen molar-refractivity contribution in [3.05, 3.63) is 70.7 Å². The summed E-state index contributed by atoms with van der Waals surface area (Å²) in [4.78, 5) is 0. The van der Waals surface area contributed by atoms with Crippen LogP contribution in [0.1, 0.15) is 11.3 Å². The molecule has 0 saturated carbocycles. The first-order valence-corrected chi connectivity index (χ1v) is 8.31. The van der Waals surface area contributed by atoms with E-state index >= 15 is 0 Å². The van der Waals surface area contributed by atoms with Crippen LogP contribution >= 0.6 is 11.6 Å². The van der Waals surface area contributed by atoms with Gasteiger partial charge in [-0.05, 0) is 48.5 Å². The van der Waals surface area contributed by atoms with E-state index in [2.05, 4.69) is 5.32 Å². The molecule has 4 rings (SSSR count). The van der Waals surface area contributed by atoms with E-state index in [-0.39, 0.29) is 11.8 Å². The fraction of sp³-hybridized carbons (Fsp3) is 0.158. The van der Waals surface area contributed by atoms with Crippen LogP contribution in [0.5, 0.6) is 11.5 Å². The topological polar surface area (TPSA) is 48.2 Å². The summed E-state index contributed by atoms with van der Waals surface area (Å²) >= 11 is 5.82. The summed E-state index contributed by atoms with van der Waals surface area (Å²) in [5.74, 6) is 2.66. The van der Waals surface area contributed by atoms with Crippen molar-refractivity contribution in [2.24, 2.45) is 0 Å². The number of ether oxygens (including phenoxy) is 2. The van der Waals surface area contributed by atoms with Gasteiger partial charge in [0, 0.05) is 11.1 Å². The molecule has 0 fully saturated rings. The maximum absolute atomic E-state index is 13.2. The summed E-state index contributed by atoms with van der Waals surface area (Å²) in [6.45, 7) is 1.78. The van der Waals surface area contributed by atoms with Crippen molar-refractivity contribution in [1.82, 2.24) is 0 Å². The van der Waals surface area contributed by atoms with E-state index in [1.807, 2.05) is 30.3 Å². The molecule has 2 heterocycles. The van der Waals surface area contributed by atoms with Crippen LogP contribution in [0.25, 0.3) is 11.3 Å². The van der Waals surface area contributed by atoms with Crippen molar-refractivity contribution in [2.75, 3.05) is 6.79 Å². The average Bonchev–Trinajstić information content (AvgIpc) is 3.26. The Bertz CT molecular complexity index is 909. The van der Waals surface area contributed by atoms with Gasteiger partial charge < -0.3 is 19.2 Å². The first-order chi connectivity index (χ1) is 12.2. The first-order valence-electron chi connectivity index (χ1n) is 7.93. The van der Waals surface area contributed by atoms with Crippen LogP contribution in [0.2, 0.25) is 5.02 Å². The maximum Gasteiger partial charge on any atom is 0.231 e. The Morgan fingerprint density at radius 2 is 1.84 bits per heavy atom. The first kappa shape index (κ1) is 16.0. The molecule has 1 aromatic heterocycles. The van der Waals surface area contributed by atoms with Crippen molar-refractivity contribution in [3.63, 3.8) is 0 Å². The third kappa shape index (κ3) is 3.48. The van der Waals surface area contributed by atoms with Crippen LogP contribution in [0.3, 0.4) is 0 Å². The minimum atomic E-state index is -0.436. The Labute approximate surface area is 149 Å². The number of rotatable bonds is 5. The Morgan fingerprint density at radius 3 is 2.72 bits per heavy atom. The molecule has 0 saturated heterocycles. The van der Waals surface area contributed by atoms with E-state index in [0.29, 0.717) is 12.3 Å². The van der Waals surface area contributed by atoms with E-state index in [4.69, 9.17) is 25.5 Å². The van der Waals surface area contributed by atoms with Crippen LogP contribution in [-0.4, -0.2) is 6.79 Å². The number of fused-ring (bicyclic) bond motifs is 1. The van der Waals surface area contributed by atoms with Gasteiger partial charge in [-0.3, -0.25) is 0 Å². The van der Waals surface area contributed by atoms with Crippen LogP contribution in [-0.2, 0) is 13.1 Å². The van der Waals surface area contributed by atoms with E-state index in [9.17, 15) is 4.39 Å². The molecule has 25 heavy (non-hydrogen) atoms. The molecule has 0 radical (unpaired) electrons. The second-order valence-electron chi connectivity index (χ2n) is 5.78. The highest BCUT2D eigenvalue weighted by molar-refractivity contribution is 6.31. The quantitative estimate of drug-likeness (QED) is 0.754.